The van der Waals surface area contributed by atoms with Gasteiger partial charge in [0.05, 0.1) is 0 Å². The van der Waals surface area contributed by atoms with Crippen LogP contribution in [-0.4, -0.2) is 36.1 Å². The van der Waals surface area contributed by atoms with E-state index in [-0.39, 0.29) is 0 Å². The zero-order chi connectivity index (χ0) is 12.5. The molecule has 1 aromatic heterocycles. The molecule has 0 radical (unpaired) electrons. The van der Waals surface area contributed by atoms with Gasteiger partial charge in [0, 0.05) is 25.0 Å². The van der Waals surface area contributed by atoms with E-state index in [1.165, 1.54) is 24.9 Å². The average Bonchev–Trinajstić information content (AvgIpc) is 2.34. The van der Waals surface area contributed by atoms with Gasteiger partial charge in [-0.15, -0.1) is 0 Å². The summed E-state index contributed by atoms with van der Waals surface area (Å²) in [4.78, 5) is 6.40. The highest BCUT2D eigenvalue weighted by atomic mass is 15.1. The molecule has 3 heteroatoms. The van der Waals surface area contributed by atoms with Crippen molar-refractivity contribution >= 4 is 0 Å². The van der Waals surface area contributed by atoms with Crippen LogP contribution in [0.1, 0.15) is 32.3 Å². The number of hydrogen-bond acceptors (Lipinski definition) is 3. The lowest BCUT2D eigenvalue weighted by molar-refractivity contribution is 0.268. The van der Waals surface area contributed by atoms with Gasteiger partial charge < -0.3 is 10.2 Å². The third-order valence-corrected chi connectivity index (χ3v) is 3.07. The molecule has 17 heavy (non-hydrogen) atoms. The van der Waals surface area contributed by atoms with Gasteiger partial charge in [0.1, 0.15) is 0 Å². The fourth-order valence-corrected chi connectivity index (χ4v) is 1.60. The van der Waals surface area contributed by atoms with Crippen molar-refractivity contribution in [1.29, 1.82) is 0 Å². The summed E-state index contributed by atoms with van der Waals surface area (Å²) < 4.78 is 0. The van der Waals surface area contributed by atoms with E-state index in [1.807, 2.05) is 12.4 Å². The fourth-order valence-electron chi connectivity index (χ4n) is 1.60. The summed E-state index contributed by atoms with van der Waals surface area (Å²) in [5.74, 6) is 0. The molecular formula is C14H25N3. The highest BCUT2D eigenvalue weighted by Gasteiger charge is 2.01. The Hall–Kier alpha value is -0.930. The van der Waals surface area contributed by atoms with Crippen molar-refractivity contribution in [3.05, 3.63) is 30.1 Å². The smallest absolute Gasteiger partial charge is 0.0271 e. The van der Waals surface area contributed by atoms with E-state index in [1.54, 1.807) is 0 Å². The third kappa shape index (κ3) is 6.39. The maximum atomic E-state index is 4.01. The number of hydrogen-bond donors (Lipinski definition) is 1. The minimum absolute atomic E-state index is 0.653. The third-order valence-electron chi connectivity index (χ3n) is 3.07. The molecule has 0 fully saturated rings. The van der Waals surface area contributed by atoms with Crippen molar-refractivity contribution < 1.29 is 0 Å². The predicted octanol–water partition coefficient (Wildman–Crippen LogP) is 2.29. The molecule has 0 bridgehead atoms. The molecule has 96 valence electrons. The summed E-state index contributed by atoms with van der Waals surface area (Å²) in [5.41, 5.74) is 1.30. The summed E-state index contributed by atoms with van der Waals surface area (Å²) in [6, 6.07) is 4.76. The van der Waals surface area contributed by atoms with Crippen LogP contribution in [0.25, 0.3) is 0 Å². The summed E-state index contributed by atoms with van der Waals surface area (Å²) in [6.45, 7) is 7.70. The minimum Gasteiger partial charge on any atom is -0.313 e. The number of unbranched alkanes of at least 4 members (excludes halogenated alkanes) is 1. The number of aromatic nitrogens is 1. The predicted molar refractivity (Wildman–Crippen MR) is 72.9 cm³/mol. The zero-order valence-electron chi connectivity index (χ0n) is 11.3. The van der Waals surface area contributed by atoms with E-state index in [9.17, 15) is 0 Å². The molecule has 0 spiro atoms. The summed E-state index contributed by atoms with van der Waals surface area (Å²) in [6.07, 6.45) is 6.18. The van der Waals surface area contributed by atoms with E-state index < -0.39 is 0 Å². The SMILES string of the molecule is CC(C)N(C)CCCCNCc1ccncc1. The molecular weight excluding hydrogens is 210 g/mol. The topological polar surface area (TPSA) is 28.2 Å². The fraction of sp³-hybridized carbons (Fsp3) is 0.643. The van der Waals surface area contributed by atoms with Crippen LogP contribution in [0, 0.1) is 0 Å². The monoisotopic (exact) mass is 235 g/mol. The van der Waals surface area contributed by atoms with Gasteiger partial charge in [-0.3, -0.25) is 4.98 Å². The Morgan fingerprint density at radius 1 is 1.24 bits per heavy atom. The molecule has 0 amide bonds. The Labute approximate surface area is 105 Å². The quantitative estimate of drug-likeness (QED) is 0.701. The molecule has 0 aliphatic rings. The van der Waals surface area contributed by atoms with Crippen LogP contribution in [-0.2, 0) is 6.54 Å². The molecule has 1 heterocycles. The lowest BCUT2D eigenvalue weighted by Crippen LogP contribution is -2.27. The second-order valence-corrected chi connectivity index (χ2v) is 4.81. The van der Waals surface area contributed by atoms with Crippen molar-refractivity contribution in [2.75, 3.05) is 20.1 Å². The molecule has 1 N–H and O–H groups in total. The summed E-state index contributed by atoms with van der Waals surface area (Å²) in [7, 11) is 2.19. The normalized spacial score (nSPS) is 11.4. The molecule has 0 atom stereocenters. The Morgan fingerprint density at radius 2 is 1.94 bits per heavy atom. The Balaban J connectivity index is 1.98. The highest BCUT2D eigenvalue weighted by Crippen LogP contribution is 1.98. The van der Waals surface area contributed by atoms with E-state index in [0.29, 0.717) is 6.04 Å². The van der Waals surface area contributed by atoms with Crippen molar-refractivity contribution in [3.63, 3.8) is 0 Å². The number of nitrogens with zero attached hydrogens (tertiary/aromatic N) is 2. The van der Waals surface area contributed by atoms with Crippen molar-refractivity contribution in [3.8, 4) is 0 Å². The summed E-state index contributed by atoms with van der Waals surface area (Å²) >= 11 is 0. The highest BCUT2D eigenvalue weighted by molar-refractivity contribution is 5.08. The van der Waals surface area contributed by atoms with Gasteiger partial charge >= 0.3 is 0 Å². The Bertz CT molecular complexity index is 285. The molecule has 0 aliphatic heterocycles. The van der Waals surface area contributed by atoms with Crippen LogP contribution in [0.15, 0.2) is 24.5 Å². The van der Waals surface area contributed by atoms with Gasteiger partial charge in [-0.05, 0) is 64.5 Å². The van der Waals surface area contributed by atoms with Gasteiger partial charge in [0.25, 0.3) is 0 Å². The van der Waals surface area contributed by atoms with Crippen molar-refractivity contribution in [1.82, 2.24) is 15.2 Å². The first-order chi connectivity index (χ1) is 8.20. The van der Waals surface area contributed by atoms with Crippen molar-refractivity contribution in [2.24, 2.45) is 0 Å². The molecule has 1 rings (SSSR count). The van der Waals surface area contributed by atoms with Crippen LogP contribution < -0.4 is 5.32 Å². The van der Waals surface area contributed by atoms with Gasteiger partial charge in [-0.25, -0.2) is 0 Å². The second-order valence-electron chi connectivity index (χ2n) is 4.81. The maximum absolute atomic E-state index is 4.01. The molecule has 0 saturated carbocycles. The maximum Gasteiger partial charge on any atom is 0.0271 e. The van der Waals surface area contributed by atoms with Crippen LogP contribution >= 0.6 is 0 Å². The number of nitrogens with one attached hydrogen (secondary N) is 1. The van der Waals surface area contributed by atoms with Crippen LogP contribution in [0.5, 0.6) is 0 Å². The molecule has 0 aliphatic carbocycles. The first-order valence-corrected chi connectivity index (χ1v) is 6.50. The van der Waals surface area contributed by atoms with Gasteiger partial charge in [0.15, 0.2) is 0 Å². The van der Waals surface area contributed by atoms with Crippen LogP contribution in [0.4, 0.5) is 0 Å². The number of rotatable bonds is 8. The van der Waals surface area contributed by atoms with Gasteiger partial charge in [-0.1, -0.05) is 0 Å². The average molecular weight is 235 g/mol. The van der Waals surface area contributed by atoms with E-state index >= 15 is 0 Å². The Morgan fingerprint density at radius 3 is 2.59 bits per heavy atom. The Kier molecular flexibility index (Phi) is 6.82. The molecule has 1 aromatic rings. The standard InChI is InChI=1S/C14H25N3/c1-13(2)17(3)11-5-4-8-16-12-14-6-9-15-10-7-14/h6-7,9-10,13,16H,4-5,8,11-12H2,1-3H3. The van der Waals surface area contributed by atoms with Gasteiger partial charge in [-0.2, -0.15) is 0 Å². The van der Waals surface area contributed by atoms with E-state index in [2.05, 4.69) is 48.2 Å². The summed E-state index contributed by atoms with van der Waals surface area (Å²) in [5, 5.41) is 3.46. The molecule has 0 unspecified atom stereocenters. The first-order valence-electron chi connectivity index (χ1n) is 6.50. The van der Waals surface area contributed by atoms with Crippen molar-refractivity contribution in [2.45, 2.75) is 39.3 Å². The molecule has 3 nitrogen and oxygen atoms in total. The van der Waals surface area contributed by atoms with Crippen LogP contribution in [0.3, 0.4) is 0 Å². The lowest BCUT2D eigenvalue weighted by Gasteiger charge is -2.20. The number of pyridine rings is 1. The van der Waals surface area contributed by atoms with E-state index in [4.69, 9.17) is 0 Å². The largest absolute Gasteiger partial charge is 0.313 e. The second kappa shape index (κ2) is 8.20. The van der Waals surface area contributed by atoms with Crippen LogP contribution in [0.2, 0.25) is 0 Å². The molecule has 0 aromatic carbocycles. The lowest BCUT2D eigenvalue weighted by atomic mass is 10.2. The minimum atomic E-state index is 0.653. The van der Waals surface area contributed by atoms with Gasteiger partial charge in [0.2, 0.25) is 0 Å². The zero-order valence-corrected chi connectivity index (χ0v) is 11.3. The first kappa shape index (κ1) is 14.1. The van der Waals surface area contributed by atoms with E-state index in [0.717, 1.165) is 13.1 Å². The molecule has 0 saturated heterocycles.